The lowest BCUT2D eigenvalue weighted by Gasteiger charge is -2.13. The number of carbonyl (C=O) groups excluding carboxylic acids is 1. The molecule has 0 saturated carbocycles. The highest BCUT2D eigenvalue weighted by Crippen LogP contribution is 2.37. The average Bonchev–Trinajstić information content (AvgIpc) is 3.10. The van der Waals surface area contributed by atoms with Gasteiger partial charge in [0.1, 0.15) is 5.56 Å². The summed E-state index contributed by atoms with van der Waals surface area (Å²) >= 11 is 5.01. The molecule has 0 unspecified atom stereocenters. The number of fused-ring (bicyclic) bond motifs is 3. The summed E-state index contributed by atoms with van der Waals surface area (Å²) in [6.45, 7) is 0. The molecule has 0 fully saturated rings. The van der Waals surface area contributed by atoms with E-state index >= 15 is 0 Å². The van der Waals surface area contributed by atoms with Gasteiger partial charge < -0.3 is 10.1 Å². The van der Waals surface area contributed by atoms with E-state index in [4.69, 9.17) is 12.2 Å². The van der Waals surface area contributed by atoms with Crippen LogP contribution in [0, 0.1) is 23.3 Å². The second kappa shape index (κ2) is 7.99. The number of thiocarbonyl (C=S) groups is 1. The lowest BCUT2D eigenvalue weighted by Crippen LogP contribution is -2.35. The quantitative estimate of drug-likeness (QED) is 0.266. The largest absolute Gasteiger partial charge is 0.491 e. The van der Waals surface area contributed by atoms with E-state index < -0.39 is 40.5 Å². The van der Waals surface area contributed by atoms with Gasteiger partial charge in [-0.3, -0.25) is 10.1 Å². The molecule has 1 aliphatic rings. The summed E-state index contributed by atoms with van der Waals surface area (Å²) in [6.07, 6.45) is 0.723. The highest BCUT2D eigenvalue weighted by Gasteiger charge is 2.30. The number of benzene rings is 3. The summed E-state index contributed by atoms with van der Waals surface area (Å²) < 4.78 is 60.2. The zero-order valence-electron chi connectivity index (χ0n) is 16.0. The molecule has 2 N–H and O–H groups in total. The van der Waals surface area contributed by atoms with Crippen molar-refractivity contribution in [3.05, 3.63) is 82.4 Å². The summed E-state index contributed by atoms with van der Waals surface area (Å²) in [5.41, 5.74) is 3.52. The summed E-state index contributed by atoms with van der Waals surface area (Å²) in [6, 6.07) is 13.4. The molecule has 0 spiro atoms. The van der Waals surface area contributed by atoms with E-state index in [-0.39, 0.29) is 5.11 Å². The lowest BCUT2D eigenvalue weighted by molar-refractivity contribution is 0.0966. The van der Waals surface area contributed by atoms with Crippen molar-refractivity contribution in [1.29, 1.82) is 0 Å². The van der Waals surface area contributed by atoms with Crippen LogP contribution in [0.2, 0.25) is 0 Å². The van der Waals surface area contributed by atoms with E-state index in [2.05, 4.69) is 10.1 Å². The normalized spacial score (nSPS) is 11.5. The minimum Gasteiger partial charge on any atom is -0.491 e. The Morgan fingerprint density at radius 3 is 2.26 bits per heavy atom. The molecule has 0 saturated heterocycles. The van der Waals surface area contributed by atoms with Crippen molar-refractivity contribution >= 4 is 28.9 Å². The first-order valence-electron chi connectivity index (χ1n) is 9.05. The number of hydrogen-bond acceptors (Lipinski definition) is 3. The standard InChI is InChI=1S/C22H14F4N2O2S/c1-30-20-18(25)16(23)15(17(24)19(20)26)21(29)28-22(31)27-12-6-7-14-11(9-12)8-10-4-2-3-5-13(10)14/h2-7,9H,8H2,1H3,(H2,27,28,29,31). The number of hydrogen-bond donors (Lipinski definition) is 2. The molecule has 0 atom stereocenters. The summed E-state index contributed by atoms with van der Waals surface area (Å²) in [5.74, 6) is -10.1. The van der Waals surface area contributed by atoms with Crippen LogP contribution >= 0.6 is 12.2 Å². The number of methoxy groups -OCH3 is 1. The molecule has 0 aliphatic heterocycles. The molecule has 4 nitrogen and oxygen atoms in total. The highest BCUT2D eigenvalue weighted by atomic mass is 32.1. The number of halogens is 4. The first-order chi connectivity index (χ1) is 14.8. The zero-order chi connectivity index (χ0) is 22.3. The molecule has 158 valence electrons. The third-order valence-electron chi connectivity index (χ3n) is 4.93. The summed E-state index contributed by atoms with van der Waals surface area (Å²) in [5, 5.41) is 4.47. The molecular weight excluding hydrogens is 432 g/mol. The third kappa shape index (κ3) is 3.61. The van der Waals surface area contributed by atoms with Crippen LogP contribution in [0.25, 0.3) is 11.1 Å². The molecule has 0 heterocycles. The van der Waals surface area contributed by atoms with E-state index in [1.807, 2.05) is 41.7 Å². The maximum absolute atomic E-state index is 14.1. The SMILES string of the molecule is COc1c(F)c(F)c(C(=O)NC(=S)Nc2ccc3c(c2)Cc2ccccc2-3)c(F)c1F. The van der Waals surface area contributed by atoms with Crippen LogP contribution in [0.15, 0.2) is 42.5 Å². The van der Waals surface area contributed by atoms with Gasteiger partial charge >= 0.3 is 0 Å². The van der Waals surface area contributed by atoms with E-state index in [9.17, 15) is 22.4 Å². The van der Waals surface area contributed by atoms with Gasteiger partial charge in [0.05, 0.1) is 7.11 Å². The predicted molar refractivity (Wildman–Crippen MR) is 111 cm³/mol. The Hall–Kier alpha value is -3.46. The van der Waals surface area contributed by atoms with Gasteiger partial charge in [0.2, 0.25) is 11.6 Å². The molecule has 9 heteroatoms. The fourth-order valence-corrected chi connectivity index (χ4v) is 3.75. The molecule has 1 aliphatic carbocycles. The van der Waals surface area contributed by atoms with Crippen LogP contribution in [0.5, 0.6) is 5.75 Å². The maximum Gasteiger partial charge on any atom is 0.263 e. The van der Waals surface area contributed by atoms with Crippen molar-refractivity contribution in [3.8, 4) is 16.9 Å². The van der Waals surface area contributed by atoms with Crippen molar-refractivity contribution in [2.45, 2.75) is 6.42 Å². The second-order valence-electron chi connectivity index (χ2n) is 6.78. The fraction of sp³-hybridized carbons (Fsp3) is 0.0909. The Morgan fingerprint density at radius 2 is 1.58 bits per heavy atom. The molecular formula is C22H14F4N2O2S. The van der Waals surface area contributed by atoms with E-state index in [0.29, 0.717) is 5.69 Å². The van der Waals surface area contributed by atoms with Crippen molar-refractivity contribution < 1.29 is 27.1 Å². The third-order valence-corrected chi connectivity index (χ3v) is 5.14. The second-order valence-corrected chi connectivity index (χ2v) is 7.19. The van der Waals surface area contributed by atoms with Gasteiger partial charge in [0.15, 0.2) is 22.5 Å². The number of nitrogens with one attached hydrogen (secondary N) is 2. The summed E-state index contributed by atoms with van der Waals surface area (Å²) in [7, 11) is 0.842. The van der Waals surface area contributed by atoms with Gasteiger partial charge in [-0.2, -0.15) is 8.78 Å². The van der Waals surface area contributed by atoms with Crippen molar-refractivity contribution in [3.63, 3.8) is 0 Å². The molecule has 3 aromatic carbocycles. The predicted octanol–water partition coefficient (Wildman–Crippen LogP) is 4.95. The highest BCUT2D eigenvalue weighted by molar-refractivity contribution is 7.80. The van der Waals surface area contributed by atoms with Crippen LogP contribution in [-0.4, -0.2) is 18.1 Å². The first kappa shape index (κ1) is 20.8. The topological polar surface area (TPSA) is 50.4 Å². The number of rotatable bonds is 3. The van der Waals surface area contributed by atoms with E-state index in [1.165, 1.54) is 5.56 Å². The molecule has 0 radical (unpaired) electrons. The minimum absolute atomic E-state index is 0.295. The Morgan fingerprint density at radius 1 is 0.935 bits per heavy atom. The van der Waals surface area contributed by atoms with Crippen LogP contribution < -0.4 is 15.4 Å². The van der Waals surface area contributed by atoms with E-state index in [1.54, 1.807) is 6.07 Å². The number of anilines is 1. The fourth-order valence-electron chi connectivity index (χ4n) is 3.54. The van der Waals surface area contributed by atoms with Gasteiger partial charge in [0, 0.05) is 5.69 Å². The molecule has 0 bridgehead atoms. The number of carbonyl (C=O) groups is 1. The van der Waals surface area contributed by atoms with Crippen molar-refractivity contribution in [1.82, 2.24) is 5.32 Å². The Bertz CT molecular complexity index is 1220. The first-order valence-corrected chi connectivity index (χ1v) is 9.46. The zero-order valence-corrected chi connectivity index (χ0v) is 16.8. The lowest BCUT2D eigenvalue weighted by atomic mass is 10.1. The van der Waals surface area contributed by atoms with Gasteiger partial charge in [-0.1, -0.05) is 30.3 Å². The van der Waals surface area contributed by atoms with Gasteiger partial charge in [0.25, 0.3) is 5.91 Å². The Kier molecular flexibility index (Phi) is 5.36. The van der Waals surface area contributed by atoms with Gasteiger partial charge in [-0.05, 0) is 53.0 Å². The van der Waals surface area contributed by atoms with E-state index in [0.717, 1.165) is 30.2 Å². The molecule has 0 aromatic heterocycles. The Labute approximate surface area is 179 Å². The van der Waals surface area contributed by atoms with Crippen LogP contribution in [0.4, 0.5) is 23.2 Å². The van der Waals surface area contributed by atoms with Crippen LogP contribution in [0.3, 0.4) is 0 Å². The van der Waals surface area contributed by atoms with Crippen molar-refractivity contribution in [2.75, 3.05) is 12.4 Å². The van der Waals surface area contributed by atoms with Gasteiger partial charge in [-0.25, -0.2) is 8.78 Å². The minimum atomic E-state index is -1.88. The van der Waals surface area contributed by atoms with Gasteiger partial charge in [-0.15, -0.1) is 0 Å². The average molecular weight is 446 g/mol. The number of ether oxygens (including phenoxy) is 1. The monoisotopic (exact) mass is 446 g/mol. The molecule has 1 amide bonds. The summed E-state index contributed by atoms with van der Waals surface area (Å²) in [4.78, 5) is 12.2. The molecule has 3 aromatic rings. The van der Waals surface area contributed by atoms with Crippen molar-refractivity contribution in [2.24, 2.45) is 0 Å². The Balaban J connectivity index is 1.52. The molecule has 4 rings (SSSR count). The smallest absolute Gasteiger partial charge is 0.263 e. The van der Waals surface area contributed by atoms with Crippen LogP contribution in [0.1, 0.15) is 21.5 Å². The van der Waals surface area contributed by atoms with Crippen LogP contribution in [-0.2, 0) is 6.42 Å². The molecule has 31 heavy (non-hydrogen) atoms. The maximum atomic E-state index is 14.1. The number of amides is 1.